The number of hydrogen-bond donors (Lipinski definition) is 2. The summed E-state index contributed by atoms with van der Waals surface area (Å²) in [5.74, 6) is 0. The van der Waals surface area contributed by atoms with Gasteiger partial charge in [0.25, 0.3) is 0 Å². The van der Waals surface area contributed by atoms with Crippen LogP contribution in [0.15, 0.2) is 0 Å². The lowest BCUT2D eigenvalue weighted by atomic mass is 9.75. The third-order valence-electron chi connectivity index (χ3n) is 2.99. The summed E-state index contributed by atoms with van der Waals surface area (Å²) < 4.78 is 35.6. The molecule has 2 amide bonds. The molecule has 1 atom stereocenters. The van der Waals surface area contributed by atoms with Crippen LogP contribution in [-0.4, -0.2) is 24.8 Å². The van der Waals surface area contributed by atoms with Crippen molar-refractivity contribution in [1.82, 2.24) is 10.6 Å². The van der Waals surface area contributed by atoms with Crippen molar-refractivity contribution in [2.24, 2.45) is 5.41 Å². The van der Waals surface area contributed by atoms with E-state index in [1.54, 1.807) is 0 Å². The van der Waals surface area contributed by atoms with Gasteiger partial charge in [0, 0.05) is 6.04 Å². The summed E-state index contributed by atoms with van der Waals surface area (Å²) in [4.78, 5) is 11.2. The molecular weight excluding hydrogens is 233 g/mol. The summed E-state index contributed by atoms with van der Waals surface area (Å²) >= 11 is 0. The van der Waals surface area contributed by atoms with E-state index in [-0.39, 0.29) is 11.5 Å². The SMILES string of the molecule is CC1(C)CCCC(NC(=O)NCC(F)(F)F)C1. The third-order valence-corrected chi connectivity index (χ3v) is 2.99. The predicted molar refractivity (Wildman–Crippen MR) is 58.6 cm³/mol. The molecule has 0 aromatic heterocycles. The van der Waals surface area contributed by atoms with Crippen LogP contribution in [0.3, 0.4) is 0 Å². The van der Waals surface area contributed by atoms with E-state index in [1.165, 1.54) is 0 Å². The van der Waals surface area contributed by atoms with Crippen molar-refractivity contribution in [1.29, 1.82) is 0 Å². The Morgan fingerprint density at radius 1 is 1.41 bits per heavy atom. The Hall–Kier alpha value is -0.940. The molecule has 0 aromatic carbocycles. The Bertz CT molecular complexity index is 276. The van der Waals surface area contributed by atoms with E-state index in [0.717, 1.165) is 25.7 Å². The minimum Gasteiger partial charge on any atom is -0.335 e. The molecule has 0 heterocycles. The van der Waals surface area contributed by atoms with E-state index < -0.39 is 18.8 Å². The largest absolute Gasteiger partial charge is 0.405 e. The van der Waals surface area contributed by atoms with Crippen LogP contribution in [0.5, 0.6) is 0 Å². The highest BCUT2D eigenvalue weighted by atomic mass is 19.4. The van der Waals surface area contributed by atoms with Crippen molar-refractivity contribution in [3.05, 3.63) is 0 Å². The molecule has 0 aliphatic heterocycles. The third kappa shape index (κ3) is 5.79. The fraction of sp³-hybridized carbons (Fsp3) is 0.909. The van der Waals surface area contributed by atoms with E-state index in [0.29, 0.717) is 0 Å². The number of hydrogen-bond acceptors (Lipinski definition) is 1. The van der Waals surface area contributed by atoms with Gasteiger partial charge in [0.05, 0.1) is 0 Å². The Kier molecular flexibility index (Phi) is 4.27. The van der Waals surface area contributed by atoms with E-state index >= 15 is 0 Å². The molecule has 0 bridgehead atoms. The molecule has 0 radical (unpaired) electrons. The number of halogens is 3. The Labute approximate surface area is 99.1 Å². The molecule has 100 valence electrons. The number of alkyl halides is 3. The van der Waals surface area contributed by atoms with Gasteiger partial charge in [-0.25, -0.2) is 4.79 Å². The summed E-state index contributed by atoms with van der Waals surface area (Å²) in [5.41, 5.74) is 0.153. The molecule has 1 rings (SSSR count). The van der Waals surface area contributed by atoms with E-state index in [9.17, 15) is 18.0 Å². The van der Waals surface area contributed by atoms with Gasteiger partial charge in [-0.3, -0.25) is 0 Å². The van der Waals surface area contributed by atoms with E-state index in [4.69, 9.17) is 0 Å². The lowest BCUT2D eigenvalue weighted by Crippen LogP contribution is -2.47. The molecule has 0 aromatic rings. The fourth-order valence-electron chi connectivity index (χ4n) is 2.24. The van der Waals surface area contributed by atoms with Crippen LogP contribution in [0.2, 0.25) is 0 Å². The number of urea groups is 1. The van der Waals surface area contributed by atoms with Crippen molar-refractivity contribution < 1.29 is 18.0 Å². The number of rotatable bonds is 2. The lowest BCUT2D eigenvalue weighted by Gasteiger charge is -2.35. The van der Waals surface area contributed by atoms with Gasteiger partial charge in [-0.2, -0.15) is 13.2 Å². The molecule has 2 N–H and O–H groups in total. The second-order valence-electron chi connectivity index (χ2n) is 5.40. The Morgan fingerprint density at radius 2 is 2.06 bits per heavy atom. The van der Waals surface area contributed by atoms with Gasteiger partial charge in [-0.05, 0) is 24.7 Å². The number of nitrogens with one attached hydrogen (secondary N) is 2. The van der Waals surface area contributed by atoms with Crippen LogP contribution in [0.4, 0.5) is 18.0 Å². The number of amides is 2. The first-order chi connectivity index (χ1) is 7.68. The van der Waals surface area contributed by atoms with Crippen molar-refractivity contribution in [2.75, 3.05) is 6.54 Å². The molecule has 1 aliphatic rings. The van der Waals surface area contributed by atoms with Crippen LogP contribution in [0.25, 0.3) is 0 Å². The van der Waals surface area contributed by atoms with E-state index in [2.05, 4.69) is 19.2 Å². The van der Waals surface area contributed by atoms with Gasteiger partial charge in [0.2, 0.25) is 0 Å². The summed E-state index contributed by atoms with van der Waals surface area (Å²) in [6, 6.07) is -0.753. The average Bonchev–Trinajstić information content (AvgIpc) is 2.12. The summed E-state index contributed by atoms with van der Waals surface area (Å²) in [5, 5.41) is 4.42. The molecule has 0 spiro atoms. The van der Waals surface area contributed by atoms with Crippen LogP contribution < -0.4 is 10.6 Å². The second-order valence-corrected chi connectivity index (χ2v) is 5.40. The first-order valence-corrected chi connectivity index (χ1v) is 5.79. The Morgan fingerprint density at radius 3 is 2.59 bits per heavy atom. The fourth-order valence-corrected chi connectivity index (χ4v) is 2.24. The minimum atomic E-state index is -4.36. The zero-order chi connectivity index (χ0) is 13.1. The monoisotopic (exact) mass is 252 g/mol. The van der Waals surface area contributed by atoms with Crippen LogP contribution in [-0.2, 0) is 0 Å². The molecule has 1 aliphatic carbocycles. The first-order valence-electron chi connectivity index (χ1n) is 5.79. The highest BCUT2D eigenvalue weighted by Crippen LogP contribution is 2.34. The topological polar surface area (TPSA) is 41.1 Å². The smallest absolute Gasteiger partial charge is 0.335 e. The summed E-state index contributed by atoms with van der Waals surface area (Å²) in [7, 11) is 0. The first kappa shape index (κ1) is 14.1. The van der Waals surface area contributed by atoms with Crippen LogP contribution in [0.1, 0.15) is 39.5 Å². The molecule has 1 saturated carbocycles. The minimum absolute atomic E-state index is 0.0213. The summed E-state index contributed by atoms with van der Waals surface area (Å²) in [6.07, 6.45) is -0.620. The van der Waals surface area contributed by atoms with Gasteiger partial charge < -0.3 is 10.6 Å². The number of carbonyl (C=O) groups is 1. The predicted octanol–water partition coefficient (Wildman–Crippen LogP) is 2.82. The van der Waals surface area contributed by atoms with Gasteiger partial charge >= 0.3 is 12.2 Å². The van der Waals surface area contributed by atoms with E-state index in [1.807, 2.05) is 5.32 Å². The van der Waals surface area contributed by atoms with Crippen molar-refractivity contribution in [2.45, 2.75) is 51.7 Å². The van der Waals surface area contributed by atoms with Gasteiger partial charge in [-0.15, -0.1) is 0 Å². The lowest BCUT2D eigenvalue weighted by molar-refractivity contribution is -0.122. The zero-order valence-corrected chi connectivity index (χ0v) is 10.2. The molecule has 17 heavy (non-hydrogen) atoms. The average molecular weight is 252 g/mol. The maximum absolute atomic E-state index is 11.9. The van der Waals surface area contributed by atoms with Gasteiger partial charge in [0.1, 0.15) is 6.54 Å². The molecule has 1 fully saturated rings. The van der Waals surface area contributed by atoms with Crippen LogP contribution in [0, 0.1) is 5.41 Å². The molecule has 6 heteroatoms. The van der Waals surface area contributed by atoms with Gasteiger partial charge in [-0.1, -0.05) is 20.3 Å². The standard InChI is InChI=1S/C11H19F3N2O/c1-10(2)5-3-4-8(6-10)16-9(17)15-7-11(12,13)14/h8H,3-7H2,1-2H3,(H2,15,16,17). The van der Waals surface area contributed by atoms with Gasteiger partial charge in [0.15, 0.2) is 0 Å². The van der Waals surface area contributed by atoms with Crippen LogP contribution >= 0.6 is 0 Å². The Balaban J connectivity index is 2.31. The maximum Gasteiger partial charge on any atom is 0.405 e. The number of carbonyl (C=O) groups excluding carboxylic acids is 1. The molecule has 0 saturated heterocycles. The van der Waals surface area contributed by atoms with Crippen molar-refractivity contribution in [3.8, 4) is 0 Å². The van der Waals surface area contributed by atoms with Crippen molar-refractivity contribution >= 4 is 6.03 Å². The quantitative estimate of drug-likeness (QED) is 0.779. The maximum atomic E-state index is 11.9. The second kappa shape index (κ2) is 5.14. The summed E-state index contributed by atoms with van der Waals surface area (Å²) in [6.45, 7) is 2.93. The highest BCUT2D eigenvalue weighted by molar-refractivity contribution is 5.74. The normalized spacial score (nSPS) is 24.2. The highest BCUT2D eigenvalue weighted by Gasteiger charge is 2.30. The molecular formula is C11H19F3N2O. The van der Waals surface area contributed by atoms with Crippen molar-refractivity contribution in [3.63, 3.8) is 0 Å². The molecule has 3 nitrogen and oxygen atoms in total. The zero-order valence-electron chi connectivity index (χ0n) is 10.2. The molecule has 1 unspecified atom stereocenters.